The zero-order chi connectivity index (χ0) is 21.1. The van der Waals surface area contributed by atoms with Gasteiger partial charge in [0.2, 0.25) is 0 Å². The van der Waals surface area contributed by atoms with Crippen LogP contribution in [0.15, 0.2) is 46.3 Å². The summed E-state index contributed by atoms with van der Waals surface area (Å²) in [4.78, 5) is 29.7. The molecule has 0 bridgehead atoms. The van der Waals surface area contributed by atoms with Crippen LogP contribution in [0.5, 0.6) is 11.5 Å². The number of hydrogen-bond acceptors (Lipinski definition) is 6. The zero-order valence-corrected chi connectivity index (χ0v) is 17.1. The number of carboxylic acids is 1. The van der Waals surface area contributed by atoms with Gasteiger partial charge in [-0.1, -0.05) is 11.6 Å². The van der Waals surface area contributed by atoms with Crippen molar-refractivity contribution in [3.05, 3.63) is 57.5 Å². The molecule has 0 aliphatic carbocycles. The molecule has 7 nitrogen and oxygen atoms in total. The first-order chi connectivity index (χ1) is 13.8. The van der Waals surface area contributed by atoms with Gasteiger partial charge in [-0.3, -0.25) is 9.69 Å². The predicted octanol–water partition coefficient (Wildman–Crippen LogP) is 3.74. The Morgan fingerprint density at radius 1 is 1.34 bits per heavy atom. The lowest BCUT2D eigenvalue weighted by Gasteiger charge is -2.16. The van der Waals surface area contributed by atoms with E-state index in [-0.39, 0.29) is 22.2 Å². The summed E-state index contributed by atoms with van der Waals surface area (Å²) >= 11 is 7.15. The molecule has 0 unspecified atom stereocenters. The van der Waals surface area contributed by atoms with Crippen LogP contribution in [0.1, 0.15) is 22.8 Å². The van der Waals surface area contributed by atoms with Gasteiger partial charge in [-0.05, 0) is 72.5 Å². The van der Waals surface area contributed by atoms with E-state index in [1.54, 1.807) is 32.2 Å². The maximum atomic E-state index is 12.6. The molecule has 0 saturated carbocycles. The molecule has 1 N–H and O–H groups in total. The van der Waals surface area contributed by atoms with Crippen LogP contribution in [-0.4, -0.2) is 40.7 Å². The van der Waals surface area contributed by atoms with Crippen LogP contribution in [-0.2, 0) is 4.79 Å². The van der Waals surface area contributed by atoms with E-state index in [0.717, 1.165) is 0 Å². The molecule has 0 radical (unpaired) electrons. The van der Waals surface area contributed by atoms with E-state index in [1.807, 2.05) is 0 Å². The Bertz CT molecular complexity index is 1030. The molecular weight excluding hydrogens is 416 g/mol. The Balaban J connectivity index is 1.89. The Hall–Kier alpha value is -2.97. The molecular formula is C20H16ClN2O5S-. The molecule has 29 heavy (non-hydrogen) atoms. The van der Waals surface area contributed by atoms with Crippen LogP contribution in [0, 0.1) is 0 Å². The monoisotopic (exact) mass is 431 g/mol. The van der Waals surface area contributed by atoms with Gasteiger partial charge in [0.1, 0.15) is 5.75 Å². The minimum absolute atomic E-state index is 0.0130. The molecule has 2 aromatic rings. The third kappa shape index (κ3) is 4.55. The van der Waals surface area contributed by atoms with Crippen molar-refractivity contribution >= 4 is 52.2 Å². The number of likely N-dealkylation sites (N-methyl/N-ethyl adjacent to an activating group) is 1. The minimum Gasteiger partial charge on any atom is -0.869 e. The van der Waals surface area contributed by atoms with Crippen LogP contribution < -0.4 is 9.84 Å². The van der Waals surface area contributed by atoms with Crippen molar-refractivity contribution in [1.29, 1.82) is 0 Å². The Kier molecular flexibility index (Phi) is 6.14. The number of aliphatic imine (C=N–C) groups is 1. The highest BCUT2D eigenvalue weighted by Gasteiger charge is 2.30. The van der Waals surface area contributed by atoms with E-state index in [9.17, 15) is 14.7 Å². The second-order valence-electron chi connectivity index (χ2n) is 5.98. The summed E-state index contributed by atoms with van der Waals surface area (Å²) in [5.74, 6) is -1.55. The fourth-order valence-corrected chi connectivity index (χ4v) is 3.73. The lowest BCUT2D eigenvalue weighted by atomic mass is 10.2. The van der Waals surface area contributed by atoms with Gasteiger partial charge in [0.15, 0.2) is 5.17 Å². The SMILES string of the molecule is CCOc1cc(/C=C2\SC(=Nc3ccc(C(=O)O)cc3)N(C)C2=O)cc(Cl)c1[O-]. The number of carboxylic acid groups (broad SMARTS) is 1. The summed E-state index contributed by atoms with van der Waals surface area (Å²) in [6.07, 6.45) is 1.62. The number of amidine groups is 1. The molecule has 9 heteroatoms. The van der Waals surface area contributed by atoms with Gasteiger partial charge in [-0.15, -0.1) is 0 Å². The quantitative estimate of drug-likeness (QED) is 0.723. The van der Waals surface area contributed by atoms with E-state index >= 15 is 0 Å². The average molecular weight is 432 g/mol. The number of halogens is 1. The van der Waals surface area contributed by atoms with Crippen LogP contribution in [0.25, 0.3) is 6.08 Å². The van der Waals surface area contributed by atoms with Gasteiger partial charge in [0.05, 0.1) is 22.8 Å². The van der Waals surface area contributed by atoms with Crippen molar-refractivity contribution in [3.63, 3.8) is 0 Å². The molecule has 1 aliphatic heterocycles. The van der Waals surface area contributed by atoms with Gasteiger partial charge in [-0.2, -0.15) is 0 Å². The maximum absolute atomic E-state index is 12.6. The van der Waals surface area contributed by atoms with Crippen LogP contribution in [0.2, 0.25) is 5.02 Å². The van der Waals surface area contributed by atoms with Crippen LogP contribution >= 0.6 is 23.4 Å². The summed E-state index contributed by atoms with van der Waals surface area (Å²) < 4.78 is 5.30. The van der Waals surface area contributed by atoms with Crippen molar-refractivity contribution < 1.29 is 24.5 Å². The second-order valence-corrected chi connectivity index (χ2v) is 7.40. The fraction of sp³-hybridized carbons (Fsp3) is 0.150. The number of carbonyl (C=O) groups is 2. The van der Waals surface area contributed by atoms with E-state index in [2.05, 4.69) is 4.99 Å². The van der Waals surface area contributed by atoms with E-state index in [4.69, 9.17) is 21.4 Å². The van der Waals surface area contributed by atoms with Crippen LogP contribution in [0.3, 0.4) is 0 Å². The summed E-state index contributed by atoms with van der Waals surface area (Å²) in [5.41, 5.74) is 1.24. The number of hydrogen-bond donors (Lipinski definition) is 1. The summed E-state index contributed by atoms with van der Waals surface area (Å²) in [5, 5.41) is 21.4. The molecule has 1 heterocycles. The average Bonchev–Trinajstić information content (AvgIpc) is 2.94. The standard InChI is InChI=1S/C20H17ClN2O5S/c1-3-28-15-9-11(8-14(21)17(15)24)10-16-18(25)23(2)20(29-16)22-13-6-4-12(5-7-13)19(26)27/h4-10,24H,3H2,1-2H3,(H,26,27)/p-1/b16-10-,22-20?. The molecule has 0 spiro atoms. The second kappa shape index (κ2) is 8.59. The van der Waals surface area contributed by atoms with Crippen molar-refractivity contribution in [2.75, 3.05) is 13.7 Å². The van der Waals surface area contributed by atoms with Gasteiger partial charge >= 0.3 is 5.97 Å². The van der Waals surface area contributed by atoms with Gasteiger partial charge in [0.25, 0.3) is 5.91 Å². The molecule has 150 valence electrons. The number of nitrogens with zero attached hydrogens (tertiary/aromatic N) is 2. The lowest BCUT2D eigenvalue weighted by molar-refractivity contribution is -0.270. The largest absolute Gasteiger partial charge is 0.869 e. The lowest BCUT2D eigenvalue weighted by Crippen LogP contribution is -2.23. The molecule has 1 saturated heterocycles. The first-order valence-corrected chi connectivity index (χ1v) is 9.72. The number of benzene rings is 2. The van der Waals surface area contributed by atoms with Gasteiger partial charge < -0.3 is 14.9 Å². The smallest absolute Gasteiger partial charge is 0.335 e. The number of carbonyl (C=O) groups excluding carboxylic acids is 1. The first kappa shape index (κ1) is 20.8. The number of aromatic carboxylic acids is 1. The number of amides is 1. The molecule has 2 aromatic carbocycles. The molecule has 0 aromatic heterocycles. The van der Waals surface area contributed by atoms with Gasteiger partial charge in [-0.25, -0.2) is 9.79 Å². The summed E-state index contributed by atoms with van der Waals surface area (Å²) in [6, 6.07) is 9.05. The number of thioether (sulfide) groups is 1. The summed E-state index contributed by atoms with van der Waals surface area (Å²) in [6.45, 7) is 2.08. The molecule has 1 fully saturated rings. The van der Waals surface area contributed by atoms with Crippen molar-refractivity contribution in [2.45, 2.75) is 6.92 Å². The van der Waals surface area contributed by atoms with E-state index in [0.29, 0.717) is 27.9 Å². The molecule has 0 atom stereocenters. The Morgan fingerprint density at radius 2 is 2.03 bits per heavy atom. The van der Waals surface area contributed by atoms with Crippen LogP contribution in [0.4, 0.5) is 5.69 Å². The molecule has 3 rings (SSSR count). The zero-order valence-electron chi connectivity index (χ0n) is 15.5. The topological polar surface area (TPSA) is 102 Å². The van der Waals surface area contributed by atoms with Crippen molar-refractivity contribution in [3.8, 4) is 11.5 Å². The fourth-order valence-electron chi connectivity index (χ4n) is 2.53. The van der Waals surface area contributed by atoms with E-state index < -0.39 is 11.7 Å². The highest BCUT2D eigenvalue weighted by atomic mass is 35.5. The van der Waals surface area contributed by atoms with Gasteiger partial charge in [0, 0.05) is 12.1 Å². The molecule has 1 aliphatic rings. The molecule has 1 amide bonds. The third-order valence-corrected chi connectivity index (χ3v) is 5.31. The number of ether oxygens (including phenoxy) is 1. The summed E-state index contributed by atoms with van der Waals surface area (Å²) in [7, 11) is 1.60. The Morgan fingerprint density at radius 3 is 2.66 bits per heavy atom. The highest BCUT2D eigenvalue weighted by Crippen LogP contribution is 2.37. The third-order valence-electron chi connectivity index (χ3n) is 3.97. The van der Waals surface area contributed by atoms with Crippen molar-refractivity contribution in [2.24, 2.45) is 4.99 Å². The number of rotatable bonds is 5. The van der Waals surface area contributed by atoms with E-state index in [1.165, 1.54) is 40.9 Å². The minimum atomic E-state index is -1.02. The first-order valence-electron chi connectivity index (χ1n) is 8.53. The Labute approximate surface area is 176 Å². The van der Waals surface area contributed by atoms with Crippen molar-refractivity contribution in [1.82, 2.24) is 4.90 Å². The maximum Gasteiger partial charge on any atom is 0.335 e. The highest BCUT2D eigenvalue weighted by molar-refractivity contribution is 8.18. The predicted molar refractivity (Wildman–Crippen MR) is 111 cm³/mol. The normalized spacial score (nSPS) is 16.7.